The van der Waals surface area contributed by atoms with E-state index in [4.69, 9.17) is 9.73 Å². The number of hydrazone groups is 1. The summed E-state index contributed by atoms with van der Waals surface area (Å²) in [5, 5.41) is 23.1. The number of phenols is 1. The van der Waals surface area contributed by atoms with E-state index in [9.17, 15) is 9.90 Å². The molecule has 0 bridgehead atoms. The Labute approximate surface area is 229 Å². The van der Waals surface area contributed by atoms with Crippen LogP contribution in [0.2, 0.25) is 0 Å². The summed E-state index contributed by atoms with van der Waals surface area (Å²) in [6, 6.07) is 24.7. The summed E-state index contributed by atoms with van der Waals surface area (Å²) in [5.74, 6) is 1.67. The van der Waals surface area contributed by atoms with Gasteiger partial charge in [-0.1, -0.05) is 70.5 Å². The van der Waals surface area contributed by atoms with Crippen LogP contribution in [0.4, 0.5) is 0 Å². The zero-order valence-corrected chi connectivity index (χ0v) is 22.2. The molecule has 2 aliphatic rings. The number of ether oxygens (including phenoxy) is 1. The fourth-order valence-corrected chi connectivity index (χ4v) is 4.65. The normalized spacial score (nSPS) is 17.9. The zero-order chi connectivity index (χ0) is 26.3. The number of alkyl halides is 1. The average molecular weight is 574 g/mol. The van der Waals surface area contributed by atoms with E-state index >= 15 is 0 Å². The van der Waals surface area contributed by atoms with Gasteiger partial charge in [0.1, 0.15) is 17.3 Å². The predicted molar refractivity (Wildman–Crippen MR) is 151 cm³/mol. The Hall–Kier alpha value is -4.11. The quantitative estimate of drug-likeness (QED) is 0.314. The molecule has 0 fully saturated rings. The molecule has 0 aliphatic carbocycles. The van der Waals surface area contributed by atoms with Crippen molar-refractivity contribution in [2.45, 2.75) is 30.5 Å². The van der Waals surface area contributed by atoms with E-state index in [1.54, 1.807) is 12.1 Å². The number of fused-ring (bicyclic) bond motifs is 1. The SMILES string of the molecule is O=C(CCOc1ccccc1)NCc1cccc(CNC2=CC(c3ccccc3O)=NC3C(Br)C=NN23)c1. The molecule has 8 nitrogen and oxygen atoms in total. The van der Waals surface area contributed by atoms with Gasteiger partial charge in [0, 0.05) is 30.9 Å². The van der Waals surface area contributed by atoms with Crippen LogP contribution in [0.25, 0.3) is 0 Å². The first-order valence-corrected chi connectivity index (χ1v) is 13.3. The van der Waals surface area contributed by atoms with Crippen LogP contribution in [0.15, 0.2) is 101 Å². The third-order valence-corrected chi connectivity index (χ3v) is 6.85. The first kappa shape index (κ1) is 25.5. The highest BCUT2D eigenvalue weighted by atomic mass is 79.9. The average Bonchev–Trinajstić information content (AvgIpc) is 3.32. The van der Waals surface area contributed by atoms with Gasteiger partial charge in [-0.15, -0.1) is 0 Å². The number of hydrogen-bond acceptors (Lipinski definition) is 7. The second kappa shape index (κ2) is 12.0. The number of carbonyl (C=O) groups is 1. The van der Waals surface area contributed by atoms with Crippen molar-refractivity contribution in [2.75, 3.05) is 6.61 Å². The van der Waals surface area contributed by atoms with Gasteiger partial charge in [-0.3, -0.25) is 9.79 Å². The summed E-state index contributed by atoms with van der Waals surface area (Å²) >= 11 is 3.63. The minimum atomic E-state index is -0.246. The molecule has 194 valence electrons. The van der Waals surface area contributed by atoms with Crippen molar-refractivity contribution >= 4 is 33.8 Å². The molecule has 2 aliphatic heterocycles. The van der Waals surface area contributed by atoms with E-state index in [0.717, 1.165) is 22.7 Å². The smallest absolute Gasteiger partial charge is 0.223 e. The molecule has 2 heterocycles. The summed E-state index contributed by atoms with van der Waals surface area (Å²) in [6.07, 6.45) is 3.75. The van der Waals surface area contributed by atoms with Gasteiger partial charge >= 0.3 is 0 Å². The number of para-hydroxylation sites is 2. The van der Waals surface area contributed by atoms with Crippen molar-refractivity contribution in [2.24, 2.45) is 10.1 Å². The number of benzene rings is 3. The highest BCUT2D eigenvalue weighted by Gasteiger charge is 2.34. The Bertz CT molecular complexity index is 1380. The van der Waals surface area contributed by atoms with Gasteiger partial charge in [0.05, 0.1) is 23.6 Å². The topological polar surface area (TPSA) is 98.5 Å². The van der Waals surface area contributed by atoms with Crippen molar-refractivity contribution in [3.8, 4) is 11.5 Å². The lowest BCUT2D eigenvalue weighted by atomic mass is 10.1. The van der Waals surface area contributed by atoms with Crippen LogP contribution in [0.5, 0.6) is 11.5 Å². The zero-order valence-electron chi connectivity index (χ0n) is 20.6. The molecular weight excluding hydrogens is 546 g/mol. The monoisotopic (exact) mass is 573 g/mol. The van der Waals surface area contributed by atoms with Crippen molar-refractivity contribution < 1.29 is 14.6 Å². The number of rotatable bonds is 10. The van der Waals surface area contributed by atoms with E-state index in [0.29, 0.717) is 31.0 Å². The molecule has 9 heteroatoms. The minimum absolute atomic E-state index is 0.0427. The maximum absolute atomic E-state index is 12.3. The highest BCUT2D eigenvalue weighted by molar-refractivity contribution is 9.10. The van der Waals surface area contributed by atoms with Crippen LogP contribution >= 0.6 is 15.9 Å². The number of phenolic OH excluding ortho intramolecular Hbond substituents is 1. The number of carbonyl (C=O) groups excluding carboxylic acids is 1. The molecule has 2 atom stereocenters. The molecule has 3 aromatic rings. The van der Waals surface area contributed by atoms with Gasteiger partial charge in [-0.25, -0.2) is 5.01 Å². The van der Waals surface area contributed by atoms with E-state index in [-0.39, 0.29) is 29.1 Å². The first-order valence-electron chi connectivity index (χ1n) is 12.4. The Balaban J connectivity index is 1.18. The summed E-state index contributed by atoms with van der Waals surface area (Å²) < 4.78 is 5.60. The standard InChI is InChI=1S/C29H28BrN5O3/c30-24-19-33-35-27(16-25(34-29(24)35)23-11-4-5-12-26(23)36)31-17-20-7-6-8-21(15-20)18-32-28(37)13-14-38-22-9-2-1-3-10-22/h1-12,15-16,19,24,29,31,36H,13-14,17-18H2,(H,32,37). The van der Waals surface area contributed by atoms with Gasteiger partial charge in [-0.2, -0.15) is 5.10 Å². The minimum Gasteiger partial charge on any atom is -0.507 e. The largest absolute Gasteiger partial charge is 0.507 e. The maximum Gasteiger partial charge on any atom is 0.223 e. The lowest BCUT2D eigenvalue weighted by molar-refractivity contribution is -0.121. The molecule has 38 heavy (non-hydrogen) atoms. The van der Waals surface area contributed by atoms with Crippen molar-refractivity contribution in [1.29, 1.82) is 0 Å². The van der Waals surface area contributed by atoms with Crippen LogP contribution in [-0.4, -0.2) is 45.5 Å². The van der Waals surface area contributed by atoms with Crippen molar-refractivity contribution in [3.63, 3.8) is 0 Å². The Kier molecular flexibility index (Phi) is 8.04. The van der Waals surface area contributed by atoms with Crippen LogP contribution in [0.1, 0.15) is 23.1 Å². The predicted octanol–water partition coefficient (Wildman–Crippen LogP) is 4.30. The van der Waals surface area contributed by atoms with Gasteiger partial charge in [0.2, 0.25) is 5.91 Å². The molecular formula is C29H28BrN5O3. The number of aromatic hydroxyl groups is 1. The third kappa shape index (κ3) is 6.23. The van der Waals surface area contributed by atoms with Crippen molar-refractivity contribution in [1.82, 2.24) is 15.6 Å². The molecule has 3 N–H and O–H groups in total. The van der Waals surface area contributed by atoms with E-state index in [2.05, 4.69) is 37.7 Å². The number of nitrogens with zero attached hydrogens (tertiary/aromatic N) is 3. The second-order valence-corrected chi connectivity index (χ2v) is 9.95. The molecule has 3 aromatic carbocycles. The van der Waals surface area contributed by atoms with Crippen LogP contribution < -0.4 is 15.4 Å². The Morgan fingerprint density at radius 1 is 1.00 bits per heavy atom. The molecule has 1 amide bonds. The highest BCUT2D eigenvalue weighted by Crippen LogP contribution is 2.29. The second-order valence-electron chi connectivity index (χ2n) is 8.89. The van der Waals surface area contributed by atoms with Crippen molar-refractivity contribution in [3.05, 3.63) is 107 Å². The number of amides is 1. The lowest BCUT2D eigenvalue weighted by Crippen LogP contribution is -2.39. The fourth-order valence-electron chi connectivity index (χ4n) is 4.20. The number of nitrogens with one attached hydrogen (secondary N) is 2. The van der Waals surface area contributed by atoms with Crippen LogP contribution in [-0.2, 0) is 17.9 Å². The number of halogens is 1. The number of aliphatic imine (C=N–C) groups is 1. The third-order valence-electron chi connectivity index (χ3n) is 6.14. The Morgan fingerprint density at radius 3 is 2.58 bits per heavy atom. The fraction of sp³-hybridized carbons (Fsp3) is 0.207. The summed E-state index contributed by atoms with van der Waals surface area (Å²) in [7, 11) is 0. The van der Waals surface area contributed by atoms with Crippen LogP contribution in [0.3, 0.4) is 0 Å². The molecule has 0 spiro atoms. The van der Waals surface area contributed by atoms with Gasteiger partial charge in [-0.05, 0) is 35.4 Å². The Morgan fingerprint density at radius 2 is 1.76 bits per heavy atom. The molecule has 5 rings (SSSR count). The van der Waals surface area contributed by atoms with Gasteiger partial charge in [0.25, 0.3) is 0 Å². The van der Waals surface area contributed by atoms with E-state index < -0.39 is 0 Å². The molecule has 0 saturated heterocycles. The number of hydrogen-bond donors (Lipinski definition) is 3. The van der Waals surface area contributed by atoms with Gasteiger partial charge in [0.15, 0.2) is 6.17 Å². The number of allylic oxidation sites excluding steroid dienone is 1. The summed E-state index contributed by atoms with van der Waals surface area (Å²) in [5.41, 5.74) is 3.43. The lowest BCUT2D eigenvalue weighted by Gasteiger charge is -2.30. The van der Waals surface area contributed by atoms with E-state index in [1.165, 1.54) is 0 Å². The molecule has 2 unspecified atom stereocenters. The molecule has 0 saturated carbocycles. The summed E-state index contributed by atoms with van der Waals surface area (Å²) in [6.45, 7) is 1.32. The van der Waals surface area contributed by atoms with E-state index in [1.807, 2.05) is 78.0 Å². The maximum atomic E-state index is 12.3. The van der Waals surface area contributed by atoms with Crippen LogP contribution in [0, 0.1) is 0 Å². The summed E-state index contributed by atoms with van der Waals surface area (Å²) in [4.78, 5) is 17.0. The van der Waals surface area contributed by atoms with Gasteiger partial charge < -0.3 is 20.5 Å². The molecule has 0 aromatic heterocycles. The molecule has 0 radical (unpaired) electrons. The first-order chi connectivity index (χ1) is 18.6.